The lowest BCUT2D eigenvalue weighted by Crippen LogP contribution is -2.42. The summed E-state index contributed by atoms with van der Waals surface area (Å²) in [5.74, 6) is 0.372. The summed E-state index contributed by atoms with van der Waals surface area (Å²) >= 11 is 1.32. The maximum atomic E-state index is 12.4. The second-order valence-corrected chi connectivity index (χ2v) is 8.40. The fourth-order valence-electron chi connectivity index (χ4n) is 3.26. The van der Waals surface area contributed by atoms with Gasteiger partial charge in [-0.2, -0.15) is 0 Å². The maximum Gasteiger partial charge on any atom is 0.318 e. The monoisotopic (exact) mass is 398 g/mol. The van der Waals surface area contributed by atoms with E-state index in [1.54, 1.807) is 0 Å². The van der Waals surface area contributed by atoms with Gasteiger partial charge in [-0.25, -0.2) is 4.79 Å². The number of H-pyrrole nitrogens is 1. The predicted molar refractivity (Wildman–Crippen MR) is 108 cm³/mol. The van der Waals surface area contributed by atoms with E-state index in [0.29, 0.717) is 11.2 Å². The lowest BCUT2D eigenvalue weighted by Gasteiger charge is -2.19. The van der Waals surface area contributed by atoms with Gasteiger partial charge in [0.2, 0.25) is 5.91 Å². The Bertz CT molecular complexity index is 1040. The third-order valence-corrected chi connectivity index (χ3v) is 6.25. The predicted octanol–water partition coefficient (Wildman–Crippen LogP) is 3.07. The van der Waals surface area contributed by atoms with E-state index in [2.05, 4.69) is 31.1 Å². The van der Waals surface area contributed by atoms with E-state index in [-0.39, 0.29) is 5.92 Å². The van der Waals surface area contributed by atoms with Gasteiger partial charge in [-0.1, -0.05) is 43.8 Å². The number of aromatic amines is 1. The molecule has 2 heterocycles. The molecule has 8 nitrogen and oxygen atoms in total. The summed E-state index contributed by atoms with van der Waals surface area (Å²) in [5, 5.41) is 12.3. The van der Waals surface area contributed by atoms with Crippen molar-refractivity contribution >= 4 is 34.6 Å². The highest BCUT2D eigenvalue weighted by atomic mass is 32.2. The summed E-state index contributed by atoms with van der Waals surface area (Å²) in [6, 6.07) is 7.54. The van der Waals surface area contributed by atoms with Crippen LogP contribution in [0, 0.1) is 5.92 Å². The average molecular weight is 398 g/mol. The van der Waals surface area contributed by atoms with Gasteiger partial charge in [0.1, 0.15) is 0 Å². The third-order valence-electron chi connectivity index (χ3n) is 4.75. The number of rotatable bonds is 6. The van der Waals surface area contributed by atoms with Crippen LogP contribution in [0.4, 0.5) is 4.79 Å². The van der Waals surface area contributed by atoms with Gasteiger partial charge in [0.25, 0.3) is 0 Å². The molecule has 3 aromatic rings. The van der Waals surface area contributed by atoms with E-state index >= 15 is 0 Å². The van der Waals surface area contributed by atoms with Crippen LogP contribution in [-0.2, 0) is 4.79 Å². The van der Waals surface area contributed by atoms with Crippen LogP contribution < -0.4 is 11.1 Å². The Balaban J connectivity index is 1.71. The molecule has 9 heteroatoms. The van der Waals surface area contributed by atoms with Crippen molar-refractivity contribution in [3.05, 3.63) is 30.5 Å². The quantitative estimate of drug-likeness (QED) is 0.551. The Labute approximate surface area is 166 Å². The number of hydrogen-bond donors (Lipinski definition) is 3. The zero-order valence-electron chi connectivity index (χ0n) is 15.7. The standard InChI is InChI=1S/C19H22N6O2S/c1-10(2)15(17(26)22-18(20)27)28-19-24-23-16(25(19)11-7-8-11)13-9-21-14-6-4-3-5-12(13)14/h3-6,9-11,15,21H,7-8H2,1-2H3,(H3,20,22,26,27). The summed E-state index contributed by atoms with van der Waals surface area (Å²) in [4.78, 5) is 26.8. The van der Waals surface area contributed by atoms with Crippen molar-refractivity contribution in [2.24, 2.45) is 11.7 Å². The van der Waals surface area contributed by atoms with Crippen molar-refractivity contribution < 1.29 is 9.59 Å². The molecule has 28 heavy (non-hydrogen) atoms. The fraction of sp³-hybridized carbons (Fsp3) is 0.368. The minimum Gasteiger partial charge on any atom is -0.360 e. The lowest BCUT2D eigenvalue weighted by atomic mass is 10.1. The van der Waals surface area contributed by atoms with Crippen LogP contribution in [0.5, 0.6) is 0 Å². The van der Waals surface area contributed by atoms with Crippen LogP contribution >= 0.6 is 11.8 Å². The number of primary amides is 1. The molecule has 4 rings (SSSR count). The zero-order chi connectivity index (χ0) is 19.8. The van der Waals surface area contributed by atoms with Crippen LogP contribution in [0.3, 0.4) is 0 Å². The molecule has 1 aromatic carbocycles. The SMILES string of the molecule is CC(C)C(Sc1nnc(-c2c[nH]c3ccccc23)n1C1CC1)C(=O)NC(N)=O. The Morgan fingerprint density at radius 2 is 2.04 bits per heavy atom. The van der Waals surface area contributed by atoms with Gasteiger partial charge in [0.15, 0.2) is 11.0 Å². The molecule has 0 radical (unpaired) electrons. The Morgan fingerprint density at radius 3 is 2.71 bits per heavy atom. The van der Waals surface area contributed by atoms with Gasteiger partial charge in [-0.05, 0) is 24.8 Å². The summed E-state index contributed by atoms with van der Waals surface area (Å²) < 4.78 is 2.12. The molecule has 1 unspecified atom stereocenters. The number of urea groups is 1. The minimum absolute atomic E-state index is 0.00904. The molecule has 1 atom stereocenters. The van der Waals surface area contributed by atoms with Gasteiger partial charge in [-0.15, -0.1) is 10.2 Å². The number of benzene rings is 1. The van der Waals surface area contributed by atoms with Crippen LogP contribution in [0.2, 0.25) is 0 Å². The number of carbonyl (C=O) groups excluding carboxylic acids is 2. The van der Waals surface area contributed by atoms with Crippen LogP contribution in [0.15, 0.2) is 35.6 Å². The van der Waals surface area contributed by atoms with Gasteiger partial charge in [0.05, 0.1) is 5.25 Å². The van der Waals surface area contributed by atoms with E-state index in [4.69, 9.17) is 5.73 Å². The molecular weight excluding hydrogens is 376 g/mol. The first kappa shape index (κ1) is 18.5. The molecule has 3 amide bonds. The molecule has 0 bridgehead atoms. The summed E-state index contributed by atoms with van der Waals surface area (Å²) in [6.07, 6.45) is 4.06. The van der Waals surface area contributed by atoms with Gasteiger partial charge in [-0.3, -0.25) is 14.7 Å². The van der Waals surface area contributed by atoms with Crippen molar-refractivity contribution in [1.29, 1.82) is 0 Å². The third kappa shape index (κ3) is 3.49. The van der Waals surface area contributed by atoms with Crippen molar-refractivity contribution in [1.82, 2.24) is 25.1 Å². The first-order chi connectivity index (χ1) is 13.5. The van der Waals surface area contributed by atoms with E-state index in [1.165, 1.54) is 11.8 Å². The first-order valence-electron chi connectivity index (χ1n) is 9.24. The van der Waals surface area contributed by atoms with Gasteiger partial charge >= 0.3 is 6.03 Å². The average Bonchev–Trinajstić information content (AvgIpc) is 3.25. The highest BCUT2D eigenvalue weighted by molar-refractivity contribution is 8.00. The van der Waals surface area contributed by atoms with Gasteiger partial charge in [0, 0.05) is 28.7 Å². The number of fused-ring (bicyclic) bond motifs is 1. The highest BCUT2D eigenvalue weighted by Crippen LogP contribution is 2.43. The van der Waals surface area contributed by atoms with E-state index in [1.807, 2.05) is 38.2 Å². The fourth-order valence-corrected chi connectivity index (χ4v) is 4.36. The molecule has 2 aromatic heterocycles. The number of nitrogens with zero attached hydrogens (tertiary/aromatic N) is 3. The van der Waals surface area contributed by atoms with E-state index < -0.39 is 17.2 Å². The number of thioether (sulfide) groups is 1. The molecule has 1 fully saturated rings. The molecule has 4 N–H and O–H groups in total. The second kappa shape index (κ2) is 7.31. The topological polar surface area (TPSA) is 119 Å². The molecule has 0 aliphatic heterocycles. The summed E-state index contributed by atoms with van der Waals surface area (Å²) in [6.45, 7) is 3.85. The van der Waals surface area contributed by atoms with Crippen LogP contribution in [0.1, 0.15) is 32.7 Å². The molecule has 1 aliphatic rings. The number of imide groups is 1. The molecular formula is C19H22N6O2S. The molecule has 1 aliphatic carbocycles. The first-order valence-corrected chi connectivity index (χ1v) is 10.1. The van der Waals surface area contributed by atoms with E-state index in [9.17, 15) is 9.59 Å². The molecule has 0 saturated heterocycles. The Morgan fingerprint density at radius 1 is 1.29 bits per heavy atom. The van der Waals surface area contributed by atoms with Gasteiger partial charge < -0.3 is 10.7 Å². The van der Waals surface area contributed by atoms with Crippen molar-refractivity contribution in [3.63, 3.8) is 0 Å². The number of amides is 3. The molecule has 146 valence electrons. The molecule has 0 spiro atoms. The lowest BCUT2D eigenvalue weighted by molar-refractivity contribution is -0.120. The number of carbonyl (C=O) groups is 2. The molecule has 1 saturated carbocycles. The smallest absolute Gasteiger partial charge is 0.318 e. The normalized spacial score (nSPS) is 15.1. The van der Waals surface area contributed by atoms with Crippen LogP contribution in [0.25, 0.3) is 22.3 Å². The highest BCUT2D eigenvalue weighted by Gasteiger charge is 2.34. The second-order valence-electron chi connectivity index (χ2n) is 7.29. The largest absolute Gasteiger partial charge is 0.360 e. The number of hydrogen-bond acceptors (Lipinski definition) is 5. The van der Waals surface area contributed by atoms with Crippen molar-refractivity contribution in [2.45, 2.75) is 43.1 Å². The Hall–Kier alpha value is -2.81. The minimum atomic E-state index is -0.848. The maximum absolute atomic E-state index is 12.4. The Kier molecular flexibility index (Phi) is 4.84. The summed E-state index contributed by atoms with van der Waals surface area (Å²) in [5.41, 5.74) is 7.15. The number of nitrogens with two attached hydrogens (primary N) is 1. The van der Waals surface area contributed by atoms with E-state index in [0.717, 1.165) is 35.1 Å². The zero-order valence-corrected chi connectivity index (χ0v) is 16.5. The van der Waals surface area contributed by atoms with Crippen molar-refractivity contribution in [2.75, 3.05) is 0 Å². The number of nitrogens with one attached hydrogen (secondary N) is 2. The van der Waals surface area contributed by atoms with Crippen LogP contribution in [-0.4, -0.2) is 36.9 Å². The summed E-state index contributed by atoms with van der Waals surface area (Å²) in [7, 11) is 0. The van der Waals surface area contributed by atoms with Crippen molar-refractivity contribution in [3.8, 4) is 11.4 Å². The number of aromatic nitrogens is 4. The number of para-hydroxylation sites is 1.